The van der Waals surface area contributed by atoms with E-state index in [2.05, 4.69) is 72.2 Å². The highest BCUT2D eigenvalue weighted by atomic mass is 16.2. The number of benzene rings is 3. The van der Waals surface area contributed by atoms with Gasteiger partial charge in [-0.15, -0.1) is 0 Å². The summed E-state index contributed by atoms with van der Waals surface area (Å²) in [6.07, 6.45) is 0. The lowest BCUT2D eigenvalue weighted by atomic mass is 10.1. The zero-order chi connectivity index (χ0) is 25.1. The molecule has 2 aliphatic heterocycles. The minimum Gasteiger partial charge on any atom is -0.368 e. The molecule has 2 aliphatic rings. The van der Waals surface area contributed by atoms with Crippen LogP contribution in [0.3, 0.4) is 0 Å². The molecule has 0 aliphatic carbocycles. The van der Waals surface area contributed by atoms with Gasteiger partial charge in [-0.3, -0.25) is 9.59 Å². The van der Waals surface area contributed by atoms with E-state index in [1.807, 2.05) is 9.80 Å². The number of piperazine rings is 2. The topological polar surface area (TPSA) is 47.1 Å². The number of amides is 2. The minimum absolute atomic E-state index is 0.0327. The highest BCUT2D eigenvalue weighted by molar-refractivity contribution is 5.98. The molecule has 0 bridgehead atoms. The molecule has 3 aromatic rings. The highest BCUT2D eigenvalue weighted by Crippen LogP contribution is 2.23. The van der Waals surface area contributed by atoms with Gasteiger partial charge in [0, 0.05) is 74.9 Å². The average Bonchev–Trinajstić information content (AvgIpc) is 2.93. The van der Waals surface area contributed by atoms with Crippen LogP contribution >= 0.6 is 0 Å². The second kappa shape index (κ2) is 10.4. The van der Waals surface area contributed by atoms with Gasteiger partial charge in [0.1, 0.15) is 0 Å². The second-order valence-corrected chi connectivity index (χ2v) is 9.71. The Hall–Kier alpha value is -3.80. The Morgan fingerprint density at radius 2 is 0.833 bits per heavy atom. The van der Waals surface area contributed by atoms with Crippen LogP contribution in [0.4, 0.5) is 11.4 Å². The Morgan fingerprint density at radius 1 is 0.500 bits per heavy atom. The number of para-hydroxylation sites is 2. The van der Waals surface area contributed by atoms with Gasteiger partial charge >= 0.3 is 0 Å². The highest BCUT2D eigenvalue weighted by Gasteiger charge is 2.25. The number of rotatable bonds is 4. The predicted molar refractivity (Wildman–Crippen MR) is 145 cm³/mol. The van der Waals surface area contributed by atoms with Crippen molar-refractivity contribution >= 4 is 23.2 Å². The Morgan fingerprint density at radius 3 is 1.17 bits per heavy atom. The number of anilines is 2. The normalized spacial score (nSPS) is 16.3. The quantitative estimate of drug-likeness (QED) is 0.559. The molecule has 2 amide bonds. The van der Waals surface area contributed by atoms with E-state index in [9.17, 15) is 9.59 Å². The van der Waals surface area contributed by atoms with Crippen molar-refractivity contribution in [3.8, 4) is 0 Å². The summed E-state index contributed by atoms with van der Waals surface area (Å²) in [4.78, 5) is 34.7. The van der Waals surface area contributed by atoms with E-state index in [4.69, 9.17) is 0 Å². The van der Waals surface area contributed by atoms with E-state index < -0.39 is 0 Å². The van der Waals surface area contributed by atoms with Gasteiger partial charge in [-0.2, -0.15) is 0 Å². The summed E-state index contributed by atoms with van der Waals surface area (Å²) in [6, 6.07) is 24.0. The van der Waals surface area contributed by atoms with Crippen LogP contribution in [-0.4, -0.2) is 74.0 Å². The summed E-state index contributed by atoms with van der Waals surface area (Å²) >= 11 is 0. The van der Waals surface area contributed by atoms with Gasteiger partial charge in [-0.05, 0) is 61.4 Å². The van der Waals surface area contributed by atoms with Crippen LogP contribution < -0.4 is 9.80 Å². The number of aryl methyl sites for hydroxylation is 2. The third-order valence-electron chi connectivity index (χ3n) is 7.42. The lowest BCUT2D eigenvalue weighted by molar-refractivity contribution is 0.0735. The molecule has 2 fully saturated rings. The van der Waals surface area contributed by atoms with Gasteiger partial charge < -0.3 is 19.6 Å². The summed E-state index contributed by atoms with van der Waals surface area (Å²) in [5, 5.41) is 0. The van der Waals surface area contributed by atoms with Crippen molar-refractivity contribution in [2.45, 2.75) is 13.8 Å². The first-order valence-corrected chi connectivity index (χ1v) is 12.8. The second-order valence-electron chi connectivity index (χ2n) is 9.71. The summed E-state index contributed by atoms with van der Waals surface area (Å²) in [6.45, 7) is 10.3. The average molecular weight is 483 g/mol. The van der Waals surface area contributed by atoms with Gasteiger partial charge in [-0.1, -0.05) is 36.4 Å². The first-order chi connectivity index (χ1) is 17.5. The van der Waals surface area contributed by atoms with Crippen molar-refractivity contribution in [1.82, 2.24) is 9.80 Å². The van der Waals surface area contributed by atoms with Crippen molar-refractivity contribution in [1.29, 1.82) is 0 Å². The van der Waals surface area contributed by atoms with Crippen molar-refractivity contribution in [3.63, 3.8) is 0 Å². The molecular formula is C30H34N4O2. The number of nitrogens with zero attached hydrogens (tertiary/aromatic N) is 4. The molecular weight excluding hydrogens is 448 g/mol. The number of carbonyl (C=O) groups is 2. The van der Waals surface area contributed by atoms with Crippen molar-refractivity contribution in [2.75, 3.05) is 62.2 Å². The van der Waals surface area contributed by atoms with Crippen LogP contribution in [0.25, 0.3) is 0 Å². The van der Waals surface area contributed by atoms with Gasteiger partial charge in [0.25, 0.3) is 11.8 Å². The first kappa shape index (κ1) is 23.9. The zero-order valence-electron chi connectivity index (χ0n) is 21.2. The molecule has 0 saturated carbocycles. The minimum atomic E-state index is 0.0327. The smallest absolute Gasteiger partial charge is 0.253 e. The van der Waals surface area contributed by atoms with E-state index >= 15 is 0 Å². The lowest BCUT2D eigenvalue weighted by Crippen LogP contribution is -2.49. The van der Waals surface area contributed by atoms with Crippen LogP contribution in [0, 0.1) is 13.8 Å². The monoisotopic (exact) mass is 482 g/mol. The molecule has 6 heteroatoms. The van der Waals surface area contributed by atoms with Gasteiger partial charge in [0.15, 0.2) is 0 Å². The van der Waals surface area contributed by atoms with Gasteiger partial charge in [-0.25, -0.2) is 0 Å². The molecule has 0 N–H and O–H groups in total. The lowest BCUT2D eigenvalue weighted by Gasteiger charge is -2.37. The van der Waals surface area contributed by atoms with Crippen LogP contribution in [0.1, 0.15) is 31.8 Å². The predicted octanol–water partition coefficient (Wildman–Crippen LogP) is 4.23. The number of carbonyl (C=O) groups excluding carboxylic acids is 2. The summed E-state index contributed by atoms with van der Waals surface area (Å²) in [5.41, 5.74) is 6.28. The molecule has 3 aromatic carbocycles. The van der Waals surface area contributed by atoms with Crippen LogP contribution in [0.15, 0.2) is 72.8 Å². The van der Waals surface area contributed by atoms with Crippen molar-refractivity contribution in [2.24, 2.45) is 0 Å². The van der Waals surface area contributed by atoms with E-state index in [1.165, 1.54) is 22.5 Å². The fourth-order valence-electron chi connectivity index (χ4n) is 5.26. The largest absolute Gasteiger partial charge is 0.368 e. The maximum atomic E-state index is 13.1. The van der Waals surface area contributed by atoms with E-state index in [-0.39, 0.29) is 11.8 Å². The molecule has 5 rings (SSSR count). The molecule has 6 nitrogen and oxygen atoms in total. The number of hydrogen-bond acceptors (Lipinski definition) is 4. The molecule has 0 unspecified atom stereocenters. The van der Waals surface area contributed by atoms with Gasteiger partial charge in [0.05, 0.1) is 0 Å². The summed E-state index contributed by atoms with van der Waals surface area (Å²) in [7, 11) is 0. The fraction of sp³-hybridized carbons (Fsp3) is 0.333. The Balaban J connectivity index is 1.15. The van der Waals surface area contributed by atoms with E-state index in [1.54, 1.807) is 24.3 Å². The fourth-order valence-corrected chi connectivity index (χ4v) is 5.26. The molecule has 186 valence electrons. The Bertz CT molecular complexity index is 1130. The third-order valence-corrected chi connectivity index (χ3v) is 7.42. The van der Waals surface area contributed by atoms with Crippen molar-refractivity contribution in [3.05, 3.63) is 95.1 Å². The molecule has 0 spiro atoms. The van der Waals surface area contributed by atoms with E-state index in [0.29, 0.717) is 37.3 Å². The van der Waals surface area contributed by atoms with E-state index in [0.717, 1.165) is 26.2 Å². The van der Waals surface area contributed by atoms with Gasteiger partial charge in [0.2, 0.25) is 0 Å². The molecule has 2 saturated heterocycles. The summed E-state index contributed by atoms with van der Waals surface area (Å²) in [5.74, 6) is 0.0653. The Kier molecular flexibility index (Phi) is 6.94. The standard InChI is InChI=1S/C30H34N4O2/c1-23-7-3-5-9-27(23)31-15-19-33(20-16-31)29(35)25-11-13-26(14-12-25)30(36)34-21-17-32(18-22-34)28-10-6-4-8-24(28)2/h3-14H,15-22H2,1-2H3. The first-order valence-electron chi connectivity index (χ1n) is 12.8. The SMILES string of the molecule is Cc1ccccc1N1CCN(C(=O)c2ccc(C(=O)N3CCN(c4ccccc4C)CC3)cc2)CC1. The maximum absolute atomic E-state index is 13.1. The molecule has 36 heavy (non-hydrogen) atoms. The molecule has 2 heterocycles. The Labute approximate surface area is 213 Å². The molecule has 0 atom stereocenters. The third kappa shape index (κ3) is 4.94. The molecule has 0 aromatic heterocycles. The zero-order valence-corrected chi connectivity index (χ0v) is 21.2. The van der Waals surface area contributed by atoms with Crippen molar-refractivity contribution < 1.29 is 9.59 Å². The van der Waals surface area contributed by atoms with Crippen LogP contribution in [0.2, 0.25) is 0 Å². The molecule has 0 radical (unpaired) electrons. The summed E-state index contributed by atoms with van der Waals surface area (Å²) < 4.78 is 0. The van der Waals surface area contributed by atoms with Crippen LogP contribution in [0.5, 0.6) is 0 Å². The number of hydrogen-bond donors (Lipinski definition) is 0. The maximum Gasteiger partial charge on any atom is 0.253 e. The van der Waals surface area contributed by atoms with Crippen LogP contribution in [-0.2, 0) is 0 Å².